The van der Waals surface area contributed by atoms with Crippen LogP contribution in [0.5, 0.6) is 0 Å². The van der Waals surface area contributed by atoms with Gasteiger partial charge in [-0.15, -0.1) is 0 Å². The Kier molecular flexibility index (Phi) is 3.71. The van der Waals surface area contributed by atoms with Crippen LogP contribution in [0.15, 0.2) is 0 Å². The van der Waals surface area contributed by atoms with E-state index >= 15 is 0 Å². The fraction of sp³-hybridized carbons (Fsp3) is 0.846. The largest absolute Gasteiger partial charge is 0.481 e. The quantitative estimate of drug-likeness (QED) is 0.808. The molecule has 0 aromatic heterocycles. The lowest BCUT2D eigenvalue weighted by atomic mass is 9.87. The number of aliphatic carboxylic acids is 1. The van der Waals surface area contributed by atoms with Gasteiger partial charge in [-0.3, -0.25) is 4.79 Å². The van der Waals surface area contributed by atoms with E-state index in [0.717, 1.165) is 0 Å². The Morgan fingerprint density at radius 2 is 2.00 bits per heavy atom. The first-order valence-electron chi connectivity index (χ1n) is 6.70. The number of hydrogen-bond donors (Lipinski definition) is 1. The van der Waals surface area contributed by atoms with E-state index < -0.39 is 5.97 Å². The Labute approximate surface area is 113 Å². The van der Waals surface area contributed by atoms with Gasteiger partial charge in [-0.25, -0.2) is 4.79 Å². The molecule has 2 rings (SSSR count). The van der Waals surface area contributed by atoms with Crippen molar-refractivity contribution in [2.45, 2.75) is 26.3 Å². The molecule has 0 aromatic rings. The first-order chi connectivity index (χ1) is 8.83. The van der Waals surface area contributed by atoms with E-state index in [0.29, 0.717) is 32.8 Å². The molecule has 2 saturated heterocycles. The number of likely N-dealkylation sites (tertiary alicyclic amines) is 1. The lowest BCUT2D eigenvalue weighted by Gasteiger charge is -2.49. The van der Waals surface area contributed by atoms with Crippen LogP contribution in [0.1, 0.15) is 20.8 Å². The summed E-state index contributed by atoms with van der Waals surface area (Å²) in [5, 5.41) is 8.94. The first kappa shape index (κ1) is 14.1. The number of carboxylic acid groups (broad SMARTS) is 1. The fourth-order valence-electron chi connectivity index (χ4n) is 2.57. The molecule has 6 heteroatoms. The number of morpholine rings is 1. The molecule has 1 N–H and O–H groups in total. The number of nitrogens with zero attached hydrogens (tertiary/aromatic N) is 2. The van der Waals surface area contributed by atoms with Crippen LogP contribution in [0.3, 0.4) is 0 Å². The van der Waals surface area contributed by atoms with Crippen molar-refractivity contribution in [2.24, 2.45) is 11.8 Å². The lowest BCUT2D eigenvalue weighted by molar-refractivity contribution is -0.145. The van der Waals surface area contributed by atoms with Gasteiger partial charge in [0, 0.05) is 25.6 Å². The maximum Gasteiger partial charge on any atom is 0.320 e. The molecule has 2 fully saturated rings. The van der Waals surface area contributed by atoms with Crippen molar-refractivity contribution < 1.29 is 19.4 Å². The Bertz CT molecular complexity index is 377. The molecule has 19 heavy (non-hydrogen) atoms. The topological polar surface area (TPSA) is 70.1 Å². The van der Waals surface area contributed by atoms with Crippen LogP contribution < -0.4 is 0 Å². The van der Waals surface area contributed by atoms with Crippen LogP contribution in [0.4, 0.5) is 4.79 Å². The first-order valence-corrected chi connectivity index (χ1v) is 6.70. The van der Waals surface area contributed by atoms with Crippen LogP contribution in [0.25, 0.3) is 0 Å². The molecule has 1 atom stereocenters. The predicted octanol–water partition coefficient (Wildman–Crippen LogP) is 0.870. The van der Waals surface area contributed by atoms with Crippen molar-refractivity contribution >= 4 is 12.0 Å². The zero-order chi connectivity index (χ0) is 14.2. The zero-order valence-corrected chi connectivity index (χ0v) is 11.8. The standard InChI is InChI=1S/C13H22N2O4/c1-9(11(16)17)10-6-14(7-10)12(18)15-4-5-19-8-13(15,2)3/h9-10H,4-8H2,1-3H3,(H,16,17). The summed E-state index contributed by atoms with van der Waals surface area (Å²) in [5.74, 6) is -1.10. The minimum Gasteiger partial charge on any atom is -0.481 e. The van der Waals surface area contributed by atoms with E-state index in [-0.39, 0.29) is 23.4 Å². The summed E-state index contributed by atoms with van der Waals surface area (Å²) in [4.78, 5) is 26.8. The molecule has 2 heterocycles. The second kappa shape index (κ2) is 5.00. The molecule has 0 aliphatic carbocycles. The highest BCUT2D eigenvalue weighted by Gasteiger charge is 2.42. The van der Waals surface area contributed by atoms with Gasteiger partial charge < -0.3 is 19.6 Å². The van der Waals surface area contributed by atoms with Crippen molar-refractivity contribution in [3.8, 4) is 0 Å². The molecule has 0 radical (unpaired) electrons. The zero-order valence-electron chi connectivity index (χ0n) is 11.8. The molecular formula is C13H22N2O4. The van der Waals surface area contributed by atoms with E-state index in [1.165, 1.54) is 0 Å². The maximum atomic E-state index is 12.4. The third-order valence-corrected chi connectivity index (χ3v) is 4.15. The Balaban J connectivity index is 1.91. The smallest absolute Gasteiger partial charge is 0.320 e. The number of carbonyl (C=O) groups is 2. The third-order valence-electron chi connectivity index (χ3n) is 4.15. The van der Waals surface area contributed by atoms with Crippen LogP contribution >= 0.6 is 0 Å². The molecule has 0 aromatic carbocycles. The highest BCUT2D eigenvalue weighted by molar-refractivity contribution is 5.77. The van der Waals surface area contributed by atoms with E-state index in [9.17, 15) is 9.59 Å². The molecule has 2 aliphatic rings. The maximum absolute atomic E-state index is 12.4. The molecule has 6 nitrogen and oxygen atoms in total. The summed E-state index contributed by atoms with van der Waals surface area (Å²) in [6.45, 7) is 8.47. The third kappa shape index (κ3) is 2.68. The SMILES string of the molecule is CC(C(=O)O)C1CN(C(=O)N2CCOCC2(C)C)C1. The Morgan fingerprint density at radius 3 is 2.53 bits per heavy atom. The Morgan fingerprint density at radius 1 is 1.37 bits per heavy atom. The van der Waals surface area contributed by atoms with Crippen molar-refractivity contribution in [3.63, 3.8) is 0 Å². The minimum absolute atomic E-state index is 0.00198. The average molecular weight is 270 g/mol. The molecule has 0 spiro atoms. The van der Waals surface area contributed by atoms with E-state index in [1.54, 1.807) is 11.8 Å². The second-order valence-corrected chi connectivity index (χ2v) is 6.09. The van der Waals surface area contributed by atoms with Gasteiger partial charge in [0.15, 0.2) is 0 Å². The van der Waals surface area contributed by atoms with Gasteiger partial charge in [0.05, 0.1) is 24.7 Å². The highest BCUT2D eigenvalue weighted by Crippen LogP contribution is 2.28. The van der Waals surface area contributed by atoms with Crippen LogP contribution in [-0.2, 0) is 9.53 Å². The van der Waals surface area contributed by atoms with Crippen LogP contribution in [0, 0.1) is 11.8 Å². The molecule has 2 aliphatic heterocycles. The van der Waals surface area contributed by atoms with E-state index in [2.05, 4.69) is 0 Å². The molecular weight excluding hydrogens is 248 g/mol. The molecule has 108 valence electrons. The van der Waals surface area contributed by atoms with E-state index in [4.69, 9.17) is 9.84 Å². The predicted molar refractivity (Wildman–Crippen MR) is 68.9 cm³/mol. The van der Waals surface area contributed by atoms with Gasteiger partial charge in [0.2, 0.25) is 0 Å². The molecule has 2 amide bonds. The minimum atomic E-state index is -0.788. The van der Waals surface area contributed by atoms with Gasteiger partial charge in [-0.2, -0.15) is 0 Å². The summed E-state index contributed by atoms with van der Waals surface area (Å²) in [6, 6.07) is 0.00198. The molecule has 0 bridgehead atoms. The van der Waals surface area contributed by atoms with E-state index in [1.807, 2.05) is 18.7 Å². The van der Waals surface area contributed by atoms with Crippen molar-refractivity contribution in [1.82, 2.24) is 9.80 Å². The summed E-state index contributed by atoms with van der Waals surface area (Å²) in [7, 11) is 0. The molecule has 1 unspecified atom stereocenters. The van der Waals surface area contributed by atoms with Gasteiger partial charge in [0.25, 0.3) is 0 Å². The van der Waals surface area contributed by atoms with Crippen LogP contribution in [0.2, 0.25) is 0 Å². The normalized spacial score (nSPS) is 24.8. The number of carbonyl (C=O) groups excluding carboxylic acids is 1. The van der Waals surface area contributed by atoms with Gasteiger partial charge in [-0.05, 0) is 13.8 Å². The number of urea groups is 1. The van der Waals surface area contributed by atoms with Gasteiger partial charge >= 0.3 is 12.0 Å². The lowest BCUT2D eigenvalue weighted by Crippen LogP contribution is -2.63. The van der Waals surface area contributed by atoms with Crippen molar-refractivity contribution in [3.05, 3.63) is 0 Å². The second-order valence-electron chi connectivity index (χ2n) is 6.09. The average Bonchev–Trinajstić information content (AvgIpc) is 2.25. The number of carboxylic acids is 1. The Hall–Kier alpha value is -1.30. The number of ether oxygens (including phenoxy) is 1. The molecule has 0 saturated carbocycles. The fourth-order valence-corrected chi connectivity index (χ4v) is 2.57. The van der Waals surface area contributed by atoms with Crippen molar-refractivity contribution in [1.29, 1.82) is 0 Å². The summed E-state index contributed by atoms with van der Waals surface area (Å²) in [5.41, 5.74) is -0.293. The number of rotatable bonds is 2. The number of hydrogen-bond acceptors (Lipinski definition) is 3. The van der Waals surface area contributed by atoms with Gasteiger partial charge in [0.1, 0.15) is 0 Å². The summed E-state index contributed by atoms with van der Waals surface area (Å²) >= 11 is 0. The highest BCUT2D eigenvalue weighted by atomic mass is 16.5. The summed E-state index contributed by atoms with van der Waals surface area (Å²) < 4.78 is 5.40. The van der Waals surface area contributed by atoms with Gasteiger partial charge in [-0.1, -0.05) is 6.92 Å². The monoisotopic (exact) mass is 270 g/mol. The van der Waals surface area contributed by atoms with Crippen molar-refractivity contribution in [2.75, 3.05) is 32.8 Å². The van der Waals surface area contributed by atoms with Crippen LogP contribution in [-0.4, -0.2) is 65.3 Å². The summed E-state index contributed by atoms with van der Waals surface area (Å²) in [6.07, 6.45) is 0. The number of amides is 2.